The zero-order valence-corrected chi connectivity index (χ0v) is 15.6. The summed E-state index contributed by atoms with van der Waals surface area (Å²) in [6.45, 7) is 5.14. The van der Waals surface area contributed by atoms with E-state index in [1.807, 2.05) is 24.0 Å². The van der Waals surface area contributed by atoms with Crippen LogP contribution in [0.1, 0.15) is 32.6 Å². The van der Waals surface area contributed by atoms with Crippen LogP contribution in [0.25, 0.3) is 0 Å². The third kappa shape index (κ3) is 4.87. The quantitative estimate of drug-likeness (QED) is 0.805. The van der Waals surface area contributed by atoms with Gasteiger partial charge in [-0.25, -0.2) is 8.42 Å². The fourth-order valence-electron chi connectivity index (χ4n) is 3.08. The maximum absolute atomic E-state index is 12.1. The molecule has 0 aromatic heterocycles. The Kier molecular flexibility index (Phi) is 5.51. The fourth-order valence-corrected chi connectivity index (χ4v) is 4.34. The van der Waals surface area contributed by atoms with Crippen LogP contribution < -0.4 is 9.62 Å². The molecule has 1 saturated carbocycles. The number of carbonyl (C=O) groups is 1. The molecule has 1 aliphatic carbocycles. The predicted octanol–water partition coefficient (Wildman–Crippen LogP) is 2.29. The zero-order valence-electron chi connectivity index (χ0n) is 14.8. The molecular weight excluding hydrogens is 338 g/mol. The van der Waals surface area contributed by atoms with E-state index in [4.69, 9.17) is 0 Å². The number of carbonyl (C=O) groups excluding carboxylic acids is 1. The van der Waals surface area contributed by atoms with Crippen molar-refractivity contribution >= 4 is 27.3 Å². The number of sulfonamides is 1. The highest BCUT2D eigenvalue weighted by atomic mass is 32.2. The molecule has 1 aromatic carbocycles. The van der Waals surface area contributed by atoms with Crippen molar-refractivity contribution in [2.75, 3.05) is 41.6 Å². The van der Waals surface area contributed by atoms with Crippen LogP contribution in [0.5, 0.6) is 0 Å². The lowest BCUT2D eigenvalue weighted by molar-refractivity contribution is -0.132. The first kappa shape index (κ1) is 18.0. The molecule has 1 aromatic rings. The van der Waals surface area contributed by atoms with Gasteiger partial charge in [-0.05, 0) is 43.5 Å². The normalized spacial score (nSPS) is 18.3. The number of hydrogen-bond donors (Lipinski definition) is 1. The minimum Gasteiger partial charge on any atom is -0.368 e. The van der Waals surface area contributed by atoms with Crippen LogP contribution in [0.2, 0.25) is 0 Å². The van der Waals surface area contributed by atoms with Crippen molar-refractivity contribution in [3.63, 3.8) is 0 Å². The van der Waals surface area contributed by atoms with E-state index in [2.05, 4.69) is 9.62 Å². The van der Waals surface area contributed by atoms with Gasteiger partial charge in [-0.1, -0.05) is 13.3 Å². The first-order chi connectivity index (χ1) is 12.0. The molecule has 1 N–H and O–H groups in total. The Morgan fingerprint density at radius 3 is 2.32 bits per heavy atom. The van der Waals surface area contributed by atoms with Gasteiger partial charge in [0.25, 0.3) is 0 Å². The van der Waals surface area contributed by atoms with Gasteiger partial charge in [0.1, 0.15) is 0 Å². The summed E-state index contributed by atoms with van der Waals surface area (Å²) in [5.41, 5.74) is 1.66. The van der Waals surface area contributed by atoms with E-state index >= 15 is 0 Å². The van der Waals surface area contributed by atoms with Crippen molar-refractivity contribution in [1.29, 1.82) is 0 Å². The highest BCUT2D eigenvalue weighted by Gasteiger charge is 2.34. The Morgan fingerprint density at radius 1 is 1.12 bits per heavy atom. The number of unbranched alkanes of at least 4 members (excludes halogenated alkanes) is 1. The average Bonchev–Trinajstić information content (AvgIpc) is 3.45. The minimum atomic E-state index is -3.26. The number of benzene rings is 1. The van der Waals surface area contributed by atoms with Crippen LogP contribution in [0.4, 0.5) is 11.4 Å². The topological polar surface area (TPSA) is 69.7 Å². The van der Waals surface area contributed by atoms with E-state index in [1.54, 1.807) is 12.1 Å². The Bertz CT molecular complexity index is 691. The number of nitrogens with zero attached hydrogens (tertiary/aromatic N) is 2. The lowest BCUT2D eigenvalue weighted by Crippen LogP contribution is -2.49. The van der Waals surface area contributed by atoms with E-state index < -0.39 is 10.0 Å². The monoisotopic (exact) mass is 365 g/mol. The maximum atomic E-state index is 12.1. The fraction of sp³-hybridized carbons (Fsp3) is 0.611. The largest absolute Gasteiger partial charge is 0.368 e. The number of rotatable bonds is 7. The van der Waals surface area contributed by atoms with Crippen LogP contribution >= 0.6 is 0 Å². The highest BCUT2D eigenvalue weighted by Crippen LogP contribution is 2.31. The molecule has 1 heterocycles. The summed E-state index contributed by atoms with van der Waals surface area (Å²) in [5, 5.41) is 0. The van der Waals surface area contributed by atoms with Gasteiger partial charge >= 0.3 is 0 Å². The molecule has 0 spiro atoms. The van der Waals surface area contributed by atoms with Crippen LogP contribution in [-0.2, 0) is 14.8 Å². The Morgan fingerprint density at radius 2 is 1.76 bits per heavy atom. The maximum Gasteiger partial charge on any atom is 0.232 e. The second-order valence-electron chi connectivity index (χ2n) is 6.91. The summed E-state index contributed by atoms with van der Waals surface area (Å²) in [6, 6.07) is 7.49. The van der Waals surface area contributed by atoms with Crippen molar-refractivity contribution in [1.82, 2.24) is 4.90 Å². The van der Waals surface area contributed by atoms with Crippen molar-refractivity contribution in [2.45, 2.75) is 32.6 Å². The molecular formula is C18H27N3O3S. The van der Waals surface area contributed by atoms with Crippen molar-refractivity contribution in [3.05, 3.63) is 24.3 Å². The number of nitrogens with one attached hydrogen (secondary N) is 1. The lowest BCUT2D eigenvalue weighted by atomic mass is 10.2. The second-order valence-corrected chi connectivity index (χ2v) is 8.75. The number of amides is 1. The summed E-state index contributed by atoms with van der Waals surface area (Å²) < 4.78 is 26.5. The first-order valence-electron chi connectivity index (χ1n) is 9.13. The molecule has 1 saturated heterocycles. The molecule has 2 fully saturated rings. The Hall–Kier alpha value is -1.76. The number of hydrogen-bond acceptors (Lipinski definition) is 4. The average molecular weight is 365 g/mol. The van der Waals surface area contributed by atoms with Gasteiger partial charge in [0, 0.05) is 43.5 Å². The smallest absolute Gasteiger partial charge is 0.232 e. The van der Waals surface area contributed by atoms with Crippen LogP contribution in [0.15, 0.2) is 24.3 Å². The predicted molar refractivity (Wildman–Crippen MR) is 100 cm³/mol. The Balaban J connectivity index is 1.53. The molecule has 1 amide bonds. The van der Waals surface area contributed by atoms with Gasteiger partial charge in [0.15, 0.2) is 0 Å². The number of piperazine rings is 1. The number of anilines is 2. The lowest BCUT2D eigenvalue weighted by Gasteiger charge is -2.36. The summed E-state index contributed by atoms with van der Waals surface area (Å²) in [4.78, 5) is 16.3. The van der Waals surface area contributed by atoms with Crippen molar-refractivity contribution in [3.8, 4) is 0 Å². The minimum absolute atomic E-state index is 0.155. The van der Waals surface area contributed by atoms with E-state index in [1.165, 1.54) is 0 Å². The summed E-state index contributed by atoms with van der Waals surface area (Å²) in [7, 11) is -3.26. The van der Waals surface area contributed by atoms with Gasteiger partial charge < -0.3 is 9.80 Å². The van der Waals surface area contributed by atoms with Crippen LogP contribution in [0.3, 0.4) is 0 Å². The van der Waals surface area contributed by atoms with Crippen LogP contribution in [0, 0.1) is 5.92 Å². The van der Waals surface area contributed by atoms with Gasteiger partial charge in [0.05, 0.1) is 5.75 Å². The summed E-state index contributed by atoms with van der Waals surface area (Å²) in [5.74, 6) is 0.755. The highest BCUT2D eigenvalue weighted by molar-refractivity contribution is 7.92. The molecule has 1 aliphatic heterocycles. The van der Waals surface area contributed by atoms with Gasteiger partial charge in [-0.15, -0.1) is 0 Å². The third-order valence-electron chi connectivity index (χ3n) is 4.79. The summed E-state index contributed by atoms with van der Waals surface area (Å²) >= 11 is 0. The molecule has 7 heteroatoms. The molecule has 2 aliphatic rings. The van der Waals surface area contributed by atoms with Crippen molar-refractivity contribution in [2.24, 2.45) is 5.92 Å². The van der Waals surface area contributed by atoms with E-state index in [-0.39, 0.29) is 11.7 Å². The zero-order chi connectivity index (χ0) is 17.9. The second kappa shape index (κ2) is 7.64. The molecule has 0 radical (unpaired) electrons. The van der Waals surface area contributed by atoms with E-state index in [0.29, 0.717) is 18.0 Å². The Labute approximate surface area is 150 Å². The molecule has 25 heavy (non-hydrogen) atoms. The standard InChI is InChI=1S/C18H27N3O3S/c1-2-3-14-25(23,24)19-16-6-8-17(9-7-16)20-10-12-21(13-11-20)18(22)15-4-5-15/h6-9,15,19H,2-5,10-14H2,1H3. The first-order valence-corrected chi connectivity index (χ1v) is 10.8. The van der Waals surface area contributed by atoms with Gasteiger partial charge in [0.2, 0.25) is 15.9 Å². The third-order valence-corrected chi connectivity index (χ3v) is 6.16. The van der Waals surface area contributed by atoms with Gasteiger partial charge in [-0.3, -0.25) is 9.52 Å². The van der Waals surface area contributed by atoms with E-state index in [0.717, 1.165) is 51.1 Å². The van der Waals surface area contributed by atoms with Crippen molar-refractivity contribution < 1.29 is 13.2 Å². The van der Waals surface area contributed by atoms with Crippen LogP contribution in [-0.4, -0.2) is 51.2 Å². The molecule has 0 unspecified atom stereocenters. The van der Waals surface area contributed by atoms with Gasteiger partial charge in [-0.2, -0.15) is 0 Å². The SMILES string of the molecule is CCCCS(=O)(=O)Nc1ccc(N2CCN(C(=O)C3CC3)CC2)cc1. The molecule has 3 rings (SSSR count). The molecule has 138 valence electrons. The van der Waals surface area contributed by atoms with E-state index in [9.17, 15) is 13.2 Å². The molecule has 6 nitrogen and oxygen atoms in total. The summed E-state index contributed by atoms with van der Waals surface area (Å²) in [6.07, 6.45) is 3.62. The molecule has 0 atom stereocenters. The molecule has 0 bridgehead atoms.